The van der Waals surface area contributed by atoms with Crippen molar-refractivity contribution >= 4 is 95.3 Å². The summed E-state index contributed by atoms with van der Waals surface area (Å²) < 4.78 is 25.3. The molecule has 10 saturated heterocycles. The summed E-state index contributed by atoms with van der Waals surface area (Å²) in [4.78, 5) is 143. The normalized spacial score (nSPS) is 27.4. The van der Waals surface area contributed by atoms with E-state index >= 15 is 38.4 Å². The van der Waals surface area contributed by atoms with Crippen molar-refractivity contribution in [3.63, 3.8) is 0 Å². The van der Waals surface area contributed by atoms with E-state index in [0.717, 1.165) is 23.0 Å². The van der Waals surface area contributed by atoms with Gasteiger partial charge in [-0.2, -0.15) is 47.0 Å². The lowest BCUT2D eigenvalue weighted by Crippen LogP contribution is -2.63. The van der Waals surface area contributed by atoms with E-state index in [1.807, 2.05) is 56.2 Å². The molecule has 12 aliphatic heterocycles. The maximum absolute atomic E-state index is 15.4. The maximum atomic E-state index is 15.4. The molecule has 2 aromatic rings. The van der Waals surface area contributed by atoms with Crippen molar-refractivity contribution in [2.24, 2.45) is 0 Å². The summed E-state index contributed by atoms with van der Waals surface area (Å²) in [6.45, 7) is 3.18. The first-order chi connectivity index (χ1) is 40.2. The number of amides is 16. The quantitative estimate of drug-likeness (QED) is 0.219. The summed E-state index contributed by atoms with van der Waals surface area (Å²) in [5.41, 5.74) is 1.52. The smallest absolute Gasteiger partial charge is 0.342 e. The van der Waals surface area contributed by atoms with Crippen LogP contribution in [-0.4, -0.2) is 284 Å². The van der Waals surface area contributed by atoms with Crippen molar-refractivity contribution < 1.29 is 57.3 Å². The average Bonchev–Trinajstić information content (AvgIpc) is 1.56. The molecule has 32 heteroatoms. The highest BCUT2D eigenvalue weighted by Crippen LogP contribution is 2.53. The predicted molar refractivity (Wildman–Crippen MR) is 302 cm³/mol. The lowest BCUT2D eigenvalue weighted by Gasteiger charge is -2.42. The molecule has 2 bridgehead atoms. The van der Waals surface area contributed by atoms with Crippen LogP contribution < -0.4 is 18.9 Å². The fourth-order valence-electron chi connectivity index (χ4n) is 14.2. The number of thioether (sulfide) groups is 4. The van der Waals surface area contributed by atoms with Gasteiger partial charge in [-0.3, -0.25) is 68.6 Å². The molecule has 0 spiro atoms. The van der Waals surface area contributed by atoms with E-state index in [2.05, 4.69) is 0 Å². The third-order valence-electron chi connectivity index (χ3n) is 18.3. The van der Waals surface area contributed by atoms with Crippen LogP contribution in [0, 0.1) is 0 Å². The van der Waals surface area contributed by atoms with E-state index < -0.39 is 104 Å². The minimum atomic E-state index is -1.30. The Hall–Kier alpha value is -6.80. The van der Waals surface area contributed by atoms with Gasteiger partial charge in [-0.05, 0) is 63.1 Å². The second-order valence-corrected chi connectivity index (χ2v) is 26.1. The third kappa shape index (κ3) is 7.67. The Labute approximate surface area is 495 Å². The Morgan fingerprint density at radius 2 is 0.663 bits per heavy atom. The molecule has 0 saturated carbocycles. The maximum Gasteiger partial charge on any atom is 0.342 e. The molecule has 28 nitrogen and oxygen atoms in total. The first kappa shape index (κ1) is 54.2. The monoisotopic (exact) mass is 1220 g/mol. The largest absolute Gasteiger partial charge is 0.492 e. The van der Waals surface area contributed by atoms with Crippen molar-refractivity contribution in [1.82, 2.24) is 78.6 Å². The van der Waals surface area contributed by atoms with Crippen molar-refractivity contribution in [3.05, 3.63) is 46.5 Å². The van der Waals surface area contributed by atoms with Crippen LogP contribution in [0.3, 0.4) is 0 Å². The fourth-order valence-corrected chi connectivity index (χ4v) is 15.2. The summed E-state index contributed by atoms with van der Waals surface area (Å²) >= 11 is 6.55. The molecule has 0 atom stereocenters. The Kier molecular flexibility index (Phi) is 13.2. The van der Waals surface area contributed by atoms with Gasteiger partial charge in [0, 0.05) is 45.3 Å². The second-order valence-electron chi connectivity index (χ2n) is 22.2. The average molecular weight is 1220 g/mol. The van der Waals surface area contributed by atoms with Gasteiger partial charge in [0.15, 0.2) is 36.5 Å². The lowest BCUT2D eigenvalue weighted by molar-refractivity contribution is -0.0266. The number of carbonyl (C=O) groups is 8. The number of urea groups is 8. The molecular weight excluding hydrogens is 1160 g/mol. The van der Waals surface area contributed by atoms with Crippen LogP contribution in [0.5, 0.6) is 23.0 Å². The number of rotatable bonds is 16. The Balaban J connectivity index is 0.781. The molecule has 0 aromatic heterocycles. The molecule has 12 aliphatic rings. The topological polar surface area (TPSA) is 225 Å². The summed E-state index contributed by atoms with van der Waals surface area (Å²) in [7, 11) is 0. The second kappa shape index (κ2) is 20.2. The van der Waals surface area contributed by atoms with Crippen molar-refractivity contribution in [2.75, 3.05) is 114 Å². The first-order valence-electron chi connectivity index (χ1n) is 27.5. The van der Waals surface area contributed by atoms with Gasteiger partial charge in [-0.15, -0.1) is 0 Å². The van der Waals surface area contributed by atoms with Gasteiger partial charge in [-0.1, -0.05) is 0 Å². The number of hydrogen-bond donors (Lipinski definition) is 0. The predicted octanol–water partition coefficient (Wildman–Crippen LogP) is 3.66. The summed E-state index contributed by atoms with van der Waals surface area (Å²) in [5.74, 6) is 5.18. The molecule has 0 aliphatic carbocycles. The van der Waals surface area contributed by atoms with Gasteiger partial charge in [0.05, 0.1) is 52.6 Å². The highest BCUT2D eigenvalue weighted by Gasteiger charge is 2.73. The molecule has 0 N–H and O–H groups in total. The van der Waals surface area contributed by atoms with E-state index in [0.29, 0.717) is 71.7 Å². The Bertz CT molecular complexity index is 2950. The fraction of sp³-hybridized carbons (Fsp3) is 0.608. The zero-order chi connectivity index (χ0) is 57.7. The van der Waals surface area contributed by atoms with Gasteiger partial charge in [0.25, 0.3) is 0 Å². The first-order valence-corrected chi connectivity index (χ1v) is 33.1. The number of fused-ring (bicyclic) bond motifs is 5. The summed E-state index contributed by atoms with van der Waals surface area (Å²) in [6.07, 6.45) is 1.87. The van der Waals surface area contributed by atoms with Crippen LogP contribution in [0.2, 0.25) is 0 Å². The summed E-state index contributed by atoms with van der Waals surface area (Å²) in [6, 6.07) is 2.95. The van der Waals surface area contributed by atoms with Crippen LogP contribution >= 0.6 is 47.0 Å². The standard InChI is InChI=1S/C51H64N16O12S4/c1-29-52-19-30-31(35(77-12-16-81-4)8-7-34(30)76-11-15-80-3)20-53(29)50(75)67-28-61-41-40-56(45(70)60(41)27-66(67)49(52)74)23-54-38-39-58(43(54)68)25-62-42-51(2)64(47(62)72)21-32-33(37(79-14-18-83-6)10-9-36(32)78-13-17-82-5)22-65(51)48(73)63(42)26-59(39)44(69)55(38)24-57(40)46(61)71/h7-10,29,38-42H,11-28H2,1-6H3/t29-,38+,39?,40-,41?,42?,51-. The third-order valence-corrected chi connectivity index (χ3v) is 20.6. The minimum Gasteiger partial charge on any atom is -0.492 e. The van der Waals surface area contributed by atoms with E-state index in [9.17, 15) is 0 Å². The SMILES string of the molecule is CSCCOc1ccc(OCCSC)c2c1CN1C(=O)N3CN4C(=O)N5CN6C(=O)N7CN8C(=O)N9Cc%10c(OCCSC)ccc(OCCSC)c%10CN%10C(=O)N(CN%11C(=O)N(CN%12C(=O)N(CN3C(=O)N(C2)[C@H]1C)C4[C@@H]5%12)[C@@H]6C%117)C8[C@@]9%10C. The van der Waals surface area contributed by atoms with Gasteiger partial charge < -0.3 is 18.9 Å². The molecular formula is C51H64N16O12S4. The van der Waals surface area contributed by atoms with Gasteiger partial charge >= 0.3 is 48.2 Å². The highest BCUT2D eigenvalue weighted by molar-refractivity contribution is 7.99. The number of nitrogens with zero attached hydrogens (tertiary/aromatic N) is 16. The number of benzene rings is 2. The molecule has 16 amide bonds. The van der Waals surface area contributed by atoms with Crippen LogP contribution in [0.4, 0.5) is 38.4 Å². The van der Waals surface area contributed by atoms with Crippen LogP contribution in [0.15, 0.2) is 24.3 Å². The Morgan fingerprint density at radius 3 is 0.964 bits per heavy atom. The number of hydrogen-bond acceptors (Lipinski definition) is 16. The number of ether oxygens (including phenoxy) is 4. The summed E-state index contributed by atoms with van der Waals surface area (Å²) in [5, 5.41) is 2.43. The van der Waals surface area contributed by atoms with Gasteiger partial charge in [0.1, 0.15) is 69.2 Å². The number of hydrazine groups is 1. The van der Waals surface area contributed by atoms with E-state index in [4.69, 9.17) is 18.9 Å². The molecule has 0 radical (unpaired) electrons. The van der Waals surface area contributed by atoms with Gasteiger partial charge in [0.2, 0.25) is 0 Å². The molecule has 2 aromatic carbocycles. The zero-order valence-electron chi connectivity index (χ0n) is 46.7. The van der Waals surface area contributed by atoms with Crippen LogP contribution in [0.1, 0.15) is 36.1 Å². The van der Waals surface area contributed by atoms with E-state index in [-0.39, 0.29) is 52.9 Å². The van der Waals surface area contributed by atoms with E-state index in [1.54, 1.807) is 73.6 Å². The van der Waals surface area contributed by atoms with Crippen LogP contribution in [0.25, 0.3) is 0 Å². The van der Waals surface area contributed by atoms with Crippen LogP contribution in [-0.2, 0) is 26.2 Å². The van der Waals surface area contributed by atoms with Crippen molar-refractivity contribution in [3.8, 4) is 23.0 Å². The molecule has 10 fully saturated rings. The lowest BCUT2D eigenvalue weighted by atomic mass is 10.0. The molecule has 12 heterocycles. The number of carbonyl (C=O) groups excluding carboxylic acids is 8. The van der Waals surface area contributed by atoms with Crippen molar-refractivity contribution in [2.45, 2.75) is 82.7 Å². The van der Waals surface area contributed by atoms with E-state index in [1.165, 1.54) is 59.0 Å². The molecule has 14 rings (SSSR count). The minimum absolute atomic E-state index is 0.0414. The molecule has 83 heavy (non-hydrogen) atoms. The molecule has 0 unspecified atom stereocenters. The Morgan fingerprint density at radius 1 is 0.386 bits per heavy atom. The molecule has 444 valence electrons. The van der Waals surface area contributed by atoms with Gasteiger partial charge in [-0.25, -0.2) is 48.4 Å². The zero-order valence-corrected chi connectivity index (χ0v) is 50.0. The highest BCUT2D eigenvalue weighted by atomic mass is 32.2. The van der Waals surface area contributed by atoms with Crippen molar-refractivity contribution in [1.29, 1.82) is 0 Å².